The van der Waals surface area contributed by atoms with Gasteiger partial charge in [-0.2, -0.15) is 8.42 Å². The van der Waals surface area contributed by atoms with E-state index < -0.39 is 59.9 Å². The van der Waals surface area contributed by atoms with Gasteiger partial charge in [-0.25, -0.2) is 4.18 Å². The van der Waals surface area contributed by atoms with Gasteiger partial charge in [0.15, 0.2) is 6.29 Å². The third-order valence-corrected chi connectivity index (χ3v) is 16.5. The molecule has 0 radical (unpaired) electrons. The molecule has 77 heavy (non-hydrogen) atoms. The lowest BCUT2D eigenvalue weighted by Crippen LogP contribution is -2.61. The summed E-state index contributed by atoms with van der Waals surface area (Å²) in [6.45, 7) is 3.51. The van der Waals surface area contributed by atoms with Gasteiger partial charge in [-0.15, -0.1) is 0 Å². The molecule has 7 unspecified atom stereocenters. The average molecular weight is 1120 g/mol. The summed E-state index contributed by atoms with van der Waals surface area (Å²) in [7, 11) is -5.08. The van der Waals surface area contributed by atoms with Crippen LogP contribution in [0.25, 0.3) is 0 Å². The summed E-state index contributed by atoms with van der Waals surface area (Å²) in [6, 6.07) is -0.856. The van der Waals surface area contributed by atoms with Crippen LogP contribution in [-0.2, 0) is 28.9 Å². The lowest BCUT2D eigenvalue weighted by Gasteiger charge is -2.41. The van der Waals surface area contributed by atoms with E-state index in [1.807, 2.05) is 0 Å². The van der Waals surface area contributed by atoms with E-state index in [2.05, 4.69) is 35.5 Å². The summed E-state index contributed by atoms with van der Waals surface area (Å²) >= 11 is 0. The minimum Gasteiger partial charge on any atom is -0.394 e. The minimum atomic E-state index is -5.08. The Hall–Kier alpha value is -1.16. The smallest absolute Gasteiger partial charge is 0.394 e. The second-order valence-corrected chi connectivity index (χ2v) is 24.5. The number of hydrogen-bond donors (Lipinski definition) is 6. The van der Waals surface area contributed by atoms with Gasteiger partial charge in [-0.1, -0.05) is 302 Å². The maximum atomic E-state index is 13.2. The Kier molecular flexibility index (Phi) is 51.9. The van der Waals surface area contributed by atoms with Crippen LogP contribution in [0.15, 0.2) is 12.2 Å². The summed E-state index contributed by atoms with van der Waals surface area (Å²) in [5, 5.41) is 45.2. The Balaban J connectivity index is 2.24. The summed E-state index contributed by atoms with van der Waals surface area (Å²) in [6.07, 6.45) is 58.1. The molecular formula is C64H125NO11S. The summed E-state index contributed by atoms with van der Waals surface area (Å²) in [5.41, 5.74) is 0. The van der Waals surface area contributed by atoms with E-state index in [1.54, 1.807) is 0 Å². The molecule has 7 atom stereocenters. The van der Waals surface area contributed by atoms with Crippen LogP contribution in [0, 0.1) is 0 Å². The summed E-state index contributed by atoms with van der Waals surface area (Å²) < 4.78 is 48.0. The van der Waals surface area contributed by atoms with Gasteiger partial charge in [0.05, 0.1) is 25.4 Å². The van der Waals surface area contributed by atoms with Gasteiger partial charge in [-0.3, -0.25) is 9.35 Å². The van der Waals surface area contributed by atoms with Crippen molar-refractivity contribution in [3.05, 3.63) is 12.2 Å². The van der Waals surface area contributed by atoms with Crippen LogP contribution in [-0.4, -0.2) is 95.4 Å². The Labute approximate surface area is 474 Å². The standard InChI is InChI=1S/C64H125NO11S/c1-3-5-7-9-11-13-15-17-19-21-23-24-25-26-27-28-29-30-31-32-33-34-36-38-40-42-44-46-48-50-52-54-60(68)65-57(56-74-64-62(70)63(76-77(71,72)73)61(69)59(55-66)75-64)58(67)53-51-49-47-45-43-41-39-37-35-22-20-18-16-14-12-10-8-6-4-2/h26-27,57-59,61-64,66-67,69-70H,3-25,28-56H2,1-2H3,(H,65,68)(H,71,72,73)/b27-26-. The number of aliphatic hydroxyl groups excluding tert-OH is 4. The molecule has 1 amide bonds. The van der Waals surface area contributed by atoms with Crippen molar-refractivity contribution in [3.8, 4) is 0 Å². The van der Waals surface area contributed by atoms with E-state index in [0.717, 1.165) is 51.4 Å². The van der Waals surface area contributed by atoms with Crippen molar-refractivity contribution in [2.45, 2.75) is 378 Å². The highest BCUT2D eigenvalue weighted by Gasteiger charge is 2.48. The number of carbonyl (C=O) groups excluding carboxylic acids is 1. The molecule has 1 aliphatic rings. The lowest BCUT2D eigenvalue weighted by molar-refractivity contribution is -0.298. The first-order chi connectivity index (χ1) is 37.5. The molecule has 1 fully saturated rings. The number of allylic oxidation sites excluding steroid dienone is 2. The van der Waals surface area contributed by atoms with Crippen molar-refractivity contribution in [3.63, 3.8) is 0 Å². The number of nitrogens with one attached hydrogen (secondary N) is 1. The first-order valence-electron chi connectivity index (χ1n) is 33.1. The molecule has 458 valence electrons. The Morgan fingerprint density at radius 2 is 0.831 bits per heavy atom. The van der Waals surface area contributed by atoms with Crippen molar-refractivity contribution in [1.29, 1.82) is 0 Å². The van der Waals surface area contributed by atoms with E-state index >= 15 is 0 Å². The largest absolute Gasteiger partial charge is 0.397 e. The first kappa shape index (κ1) is 73.9. The van der Waals surface area contributed by atoms with Crippen molar-refractivity contribution >= 4 is 16.3 Å². The summed E-state index contributed by atoms with van der Waals surface area (Å²) in [5.74, 6) is -0.222. The van der Waals surface area contributed by atoms with E-state index in [9.17, 15) is 38.2 Å². The summed E-state index contributed by atoms with van der Waals surface area (Å²) in [4.78, 5) is 13.2. The third-order valence-electron chi connectivity index (χ3n) is 16.1. The molecule has 0 aromatic rings. The van der Waals surface area contributed by atoms with Crippen LogP contribution in [0.4, 0.5) is 0 Å². The molecule has 0 aromatic carbocycles. The number of amides is 1. The number of aliphatic hydroxyl groups is 4. The van der Waals surface area contributed by atoms with E-state index in [-0.39, 0.29) is 12.5 Å². The number of hydrogen-bond acceptors (Lipinski definition) is 10. The van der Waals surface area contributed by atoms with E-state index in [0.29, 0.717) is 12.8 Å². The van der Waals surface area contributed by atoms with Crippen LogP contribution < -0.4 is 5.32 Å². The highest BCUT2D eigenvalue weighted by atomic mass is 32.3. The number of carbonyl (C=O) groups is 1. The molecule has 1 saturated heterocycles. The second-order valence-electron chi connectivity index (χ2n) is 23.4. The monoisotopic (exact) mass is 1120 g/mol. The maximum Gasteiger partial charge on any atom is 0.397 e. The number of rotatable bonds is 59. The Morgan fingerprint density at radius 1 is 0.506 bits per heavy atom. The van der Waals surface area contributed by atoms with Crippen LogP contribution >= 0.6 is 0 Å². The lowest BCUT2D eigenvalue weighted by atomic mass is 9.99. The van der Waals surface area contributed by atoms with Gasteiger partial charge in [0.2, 0.25) is 5.91 Å². The van der Waals surface area contributed by atoms with Crippen LogP contribution in [0.5, 0.6) is 0 Å². The van der Waals surface area contributed by atoms with Gasteiger partial charge in [-0.05, 0) is 38.5 Å². The SMILES string of the molecule is CCCCCCCCCCCCCC/C=C\CCCCCCCCCCCCCCCCCC(=O)NC(COC1OC(CO)C(O)C(OS(=O)(=O)O)C1O)C(O)CCCCCCCCCCCCCCCCCCCCC. The van der Waals surface area contributed by atoms with Crippen LogP contribution in [0.1, 0.15) is 335 Å². The van der Waals surface area contributed by atoms with Crippen molar-refractivity contribution < 1.29 is 51.8 Å². The minimum absolute atomic E-state index is 0.222. The molecular weight excluding hydrogens is 991 g/mol. The molecule has 1 heterocycles. The van der Waals surface area contributed by atoms with Gasteiger partial charge < -0.3 is 35.2 Å². The fourth-order valence-electron chi connectivity index (χ4n) is 11.0. The molecule has 12 nitrogen and oxygen atoms in total. The zero-order valence-electron chi connectivity index (χ0n) is 50.1. The molecule has 6 N–H and O–H groups in total. The van der Waals surface area contributed by atoms with Gasteiger partial charge in [0, 0.05) is 6.42 Å². The van der Waals surface area contributed by atoms with E-state index in [1.165, 1.54) is 257 Å². The molecule has 0 saturated carbocycles. The van der Waals surface area contributed by atoms with Gasteiger partial charge in [0.1, 0.15) is 24.4 Å². The van der Waals surface area contributed by atoms with Gasteiger partial charge in [0.25, 0.3) is 0 Å². The fourth-order valence-corrected chi connectivity index (χ4v) is 11.5. The molecule has 0 bridgehead atoms. The Morgan fingerprint density at radius 3 is 1.17 bits per heavy atom. The quantitative estimate of drug-likeness (QED) is 0.0193. The van der Waals surface area contributed by atoms with Crippen molar-refractivity contribution in [1.82, 2.24) is 5.32 Å². The average Bonchev–Trinajstić information content (AvgIpc) is 3.41. The molecule has 0 aliphatic carbocycles. The second kappa shape index (κ2) is 54.1. The van der Waals surface area contributed by atoms with Gasteiger partial charge >= 0.3 is 10.4 Å². The topological polar surface area (TPSA) is 192 Å². The predicted molar refractivity (Wildman–Crippen MR) is 319 cm³/mol. The predicted octanol–water partition coefficient (Wildman–Crippen LogP) is 16.6. The fraction of sp³-hybridized carbons (Fsp3) is 0.953. The third kappa shape index (κ3) is 46.1. The zero-order valence-corrected chi connectivity index (χ0v) is 50.9. The molecule has 0 spiro atoms. The van der Waals surface area contributed by atoms with Crippen LogP contribution in [0.2, 0.25) is 0 Å². The van der Waals surface area contributed by atoms with Crippen LogP contribution in [0.3, 0.4) is 0 Å². The normalized spacial score (nSPS) is 18.9. The number of unbranched alkanes of at least 4 members (excludes halogenated alkanes) is 45. The molecule has 13 heteroatoms. The number of ether oxygens (including phenoxy) is 2. The zero-order chi connectivity index (χ0) is 56.1. The Bertz CT molecular complexity index is 1400. The first-order valence-corrected chi connectivity index (χ1v) is 34.4. The highest BCUT2D eigenvalue weighted by molar-refractivity contribution is 7.80. The van der Waals surface area contributed by atoms with Crippen molar-refractivity contribution in [2.75, 3.05) is 13.2 Å². The van der Waals surface area contributed by atoms with Crippen molar-refractivity contribution in [2.24, 2.45) is 0 Å². The molecule has 1 rings (SSSR count). The maximum absolute atomic E-state index is 13.2. The molecule has 1 aliphatic heterocycles. The highest BCUT2D eigenvalue weighted by Crippen LogP contribution is 2.26. The van der Waals surface area contributed by atoms with E-state index in [4.69, 9.17) is 9.47 Å². The molecule has 0 aromatic heterocycles.